The molecule has 1 N–H and O–H groups in total. The molecule has 3 rings (SSSR count). The van der Waals surface area contributed by atoms with Crippen molar-refractivity contribution >= 4 is 5.91 Å². The molecule has 3 heteroatoms. The van der Waals surface area contributed by atoms with Crippen LogP contribution in [0.2, 0.25) is 0 Å². The number of piperazine rings is 1. The molecule has 1 aliphatic carbocycles. The first-order chi connectivity index (χ1) is 9.22. The standard InChI is InChI=1S/C16H22N2O/c1-12-11-18(8-7-17-12)16(19)10-13-5-6-14-3-2-4-15(14)9-13/h5-6,9,12,17H,2-4,7-8,10-11H2,1H3. The molecule has 0 aromatic heterocycles. The first kappa shape index (κ1) is 12.7. The predicted molar refractivity (Wildman–Crippen MR) is 76.2 cm³/mol. The molecule has 1 aromatic rings. The topological polar surface area (TPSA) is 32.3 Å². The van der Waals surface area contributed by atoms with Gasteiger partial charge in [-0.3, -0.25) is 4.79 Å². The number of nitrogens with one attached hydrogen (secondary N) is 1. The number of amides is 1. The van der Waals surface area contributed by atoms with Gasteiger partial charge in [-0.15, -0.1) is 0 Å². The summed E-state index contributed by atoms with van der Waals surface area (Å²) in [6.45, 7) is 4.73. The zero-order valence-electron chi connectivity index (χ0n) is 11.6. The lowest BCUT2D eigenvalue weighted by Gasteiger charge is -2.32. The lowest BCUT2D eigenvalue weighted by atomic mass is 10.0. The summed E-state index contributed by atoms with van der Waals surface area (Å²) in [7, 11) is 0. The maximum atomic E-state index is 12.3. The Bertz CT molecular complexity index is 484. The minimum atomic E-state index is 0.270. The highest BCUT2D eigenvalue weighted by atomic mass is 16.2. The molecule has 0 saturated carbocycles. The van der Waals surface area contributed by atoms with Gasteiger partial charge in [-0.2, -0.15) is 0 Å². The number of aryl methyl sites for hydroxylation is 2. The van der Waals surface area contributed by atoms with Crippen molar-refractivity contribution in [2.45, 2.75) is 38.6 Å². The van der Waals surface area contributed by atoms with Crippen LogP contribution in [0.1, 0.15) is 30.0 Å². The first-order valence-corrected chi connectivity index (χ1v) is 7.34. The van der Waals surface area contributed by atoms with Crippen molar-refractivity contribution in [3.8, 4) is 0 Å². The number of carbonyl (C=O) groups is 1. The normalized spacial score (nSPS) is 22.4. The van der Waals surface area contributed by atoms with Gasteiger partial charge in [0.25, 0.3) is 0 Å². The third kappa shape index (κ3) is 2.81. The average Bonchev–Trinajstić information content (AvgIpc) is 2.86. The molecule has 1 aliphatic heterocycles. The van der Waals surface area contributed by atoms with E-state index in [4.69, 9.17) is 0 Å². The van der Waals surface area contributed by atoms with E-state index in [1.165, 1.54) is 36.0 Å². The third-order valence-corrected chi connectivity index (χ3v) is 4.24. The Morgan fingerprint density at radius 2 is 2.21 bits per heavy atom. The average molecular weight is 258 g/mol. The fourth-order valence-corrected chi connectivity index (χ4v) is 3.18. The van der Waals surface area contributed by atoms with Crippen molar-refractivity contribution in [1.29, 1.82) is 0 Å². The van der Waals surface area contributed by atoms with Gasteiger partial charge >= 0.3 is 0 Å². The zero-order valence-corrected chi connectivity index (χ0v) is 11.6. The van der Waals surface area contributed by atoms with E-state index in [1.54, 1.807) is 0 Å². The Morgan fingerprint density at radius 3 is 3.05 bits per heavy atom. The molecule has 0 radical (unpaired) electrons. The van der Waals surface area contributed by atoms with Gasteiger partial charge in [-0.1, -0.05) is 18.2 Å². The van der Waals surface area contributed by atoms with Crippen LogP contribution < -0.4 is 5.32 Å². The van der Waals surface area contributed by atoms with Crippen molar-refractivity contribution in [1.82, 2.24) is 10.2 Å². The van der Waals surface area contributed by atoms with Crippen LogP contribution in [0.25, 0.3) is 0 Å². The SMILES string of the molecule is CC1CN(C(=O)Cc2ccc3c(c2)CCC3)CCN1. The lowest BCUT2D eigenvalue weighted by Crippen LogP contribution is -2.51. The molecule has 102 valence electrons. The summed E-state index contributed by atoms with van der Waals surface area (Å²) >= 11 is 0. The van der Waals surface area contributed by atoms with Crippen LogP contribution in [0.3, 0.4) is 0 Å². The maximum absolute atomic E-state index is 12.3. The molecule has 1 heterocycles. The van der Waals surface area contributed by atoms with E-state index in [0.717, 1.165) is 19.6 Å². The summed E-state index contributed by atoms with van der Waals surface area (Å²) in [5, 5.41) is 3.37. The van der Waals surface area contributed by atoms with Crippen LogP contribution in [-0.4, -0.2) is 36.5 Å². The minimum absolute atomic E-state index is 0.270. The number of fused-ring (bicyclic) bond motifs is 1. The summed E-state index contributed by atoms with van der Waals surface area (Å²) in [5.74, 6) is 0.270. The molecule has 3 nitrogen and oxygen atoms in total. The molecule has 0 bridgehead atoms. The number of rotatable bonds is 2. The van der Waals surface area contributed by atoms with Gasteiger partial charge < -0.3 is 10.2 Å². The van der Waals surface area contributed by atoms with Crippen molar-refractivity contribution in [3.63, 3.8) is 0 Å². The number of nitrogens with zero attached hydrogens (tertiary/aromatic N) is 1. The van der Waals surface area contributed by atoms with Gasteiger partial charge in [-0.05, 0) is 42.9 Å². The molecule has 1 aromatic carbocycles. The molecule has 1 unspecified atom stereocenters. The van der Waals surface area contributed by atoms with Crippen LogP contribution in [0.5, 0.6) is 0 Å². The highest BCUT2D eigenvalue weighted by Gasteiger charge is 2.21. The van der Waals surface area contributed by atoms with Crippen LogP contribution in [-0.2, 0) is 24.1 Å². The summed E-state index contributed by atoms with van der Waals surface area (Å²) in [5.41, 5.74) is 4.11. The van der Waals surface area contributed by atoms with Gasteiger partial charge in [-0.25, -0.2) is 0 Å². The fraction of sp³-hybridized carbons (Fsp3) is 0.562. The fourth-order valence-electron chi connectivity index (χ4n) is 3.18. The lowest BCUT2D eigenvalue weighted by molar-refractivity contribution is -0.131. The quantitative estimate of drug-likeness (QED) is 0.872. The third-order valence-electron chi connectivity index (χ3n) is 4.24. The second-order valence-corrected chi connectivity index (χ2v) is 5.83. The van der Waals surface area contributed by atoms with Gasteiger partial charge in [0.2, 0.25) is 5.91 Å². The smallest absolute Gasteiger partial charge is 0.227 e. The van der Waals surface area contributed by atoms with E-state index in [-0.39, 0.29) is 5.91 Å². The second kappa shape index (κ2) is 5.33. The Kier molecular flexibility index (Phi) is 3.56. The van der Waals surface area contributed by atoms with Crippen LogP contribution in [0.4, 0.5) is 0 Å². The van der Waals surface area contributed by atoms with Crippen molar-refractivity contribution in [3.05, 3.63) is 34.9 Å². The van der Waals surface area contributed by atoms with Gasteiger partial charge in [0.05, 0.1) is 6.42 Å². The highest BCUT2D eigenvalue weighted by Crippen LogP contribution is 2.23. The van der Waals surface area contributed by atoms with Gasteiger partial charge in [0.15, 0.2) is 0 Å². The van der Waals surface area contributed by atoms with Crippen molar-refractivity contribution in [2.75, 3.05) is 19.6 Å². The Labute approximate surface area is 115 Å². The van der Waals surface area contributed by atoms with E-state index in [1.807, 2.05) is 4.90 Å². The van der Waals surface area contributed by atoms with Crippen LogP contribution in [0, 0.1) is 0 Å². The number of hydrogen-bond donors (Lipinski definition) is 1. The first-order valence-electron chi connectivity index (χ1n) is 7.34. The molecule has 19 heavy (non-hydrogen) atoms. The summed E-state index contributed by atoms with van der Waals surface area (Å²) in [6, 6.07) is 7.00. The van der Waals surface area contributed by atoms with E-state index in [0.29, 0.717) is 12.5 Å². The van der Waals surface area contributed by atoms with Crippen LogP contribution >= 0.6 is 0 Å². The number of hydrogen-bond acceptors (Lipinski definition) is 2. The van der Waals surface area contributed by atoms with E-state index in [2.05, 4.69) is 30.4 Å². The zero-order chi connectivity index (χ0) is 13.2. The Balaban J connectivity index is 1.66. The highest BCUT2D eigenvalue weighted by molar-refractivity contribution is 5.79. The van der Waals surface area contributed by atoms with Crippen LogP contribution in [0.15, 0.2) is 18.2 Å². The summed E-state index contributed by atoms with van der Waals surface area (Å²) in [4.78, 5) is 14.3. The molecule has 2 aliphatic rings. The maximum Gasteiger partial charge on any atom is 0.227 e. The molecule has 1 fully saturated rings. The molecular formula is C16H22N2O. The van der Waals surface area contributed by atoms with Gasteiger partial charge in [0, 0.05) is 25.7 Å². The minimum Gasteiger partial charge on any atom is -0.340 e. The summed E-state index contributed by atoms with van der Waals surface area (Å²) in [6.07, 6.45) is 4.21. The van der Waals surface area contributed by atoms with E-state index >= 15 is 0 Å². The van der Waals surface area contributed by atoms with E-state index < -0.39 is 0 Å². The second-order valence-electron chi connectivity index (χ2n) is 5.83. The largest absolute Gasteiger partial charge is 0.340 e. The Morgan fingerprint density at radius 1 is 1.37 bits per heavy atom. The monoisotopic (exact) mass is 258 g/mol. The molecule has 0 spiro atoms. The predicted octanol–water partition coefficient (Wildman–Crippen LogP) is 1.54. The number of carbonyl (C=O) groups excluding carboxylic acids is 1. The molecular weight excluding hydrogens is 236 g/mol. The summed E-state index contributed by atoms with van der Waals surface area (Å²) < 4.78 is 0. The Hall–Kier alpha value is -1.35. The number of benzene rings is 1. The van der Waals surface area contributed by atoms with Gasteiger partial charge in [0.1, 0.15) is 0 Å². The molecule has 1 amide bonds. The van der Waals surface area contributed by atoms with Crippen molar-refractivity contribution < 1.29 is 4.79 Å². The molecule has 1 saturated heterocycles. The van der Waals surface area contributed by atoms with E-state index in [9.17, 15) is 4.79 Å². The molecule has 1 atom stereocenters. The van der Waals surface area contributed by atoms with Crippen molar-refractivity contribution in [2.24, 2.45) is 0 Å².